The summed E-state index contributed by atoms with van der Waals surface area (Å²) in [4.78, 5) is 0.849. The largest absolute Gasteiger partial charge is 0.420 e. The van der Waals surface area contributed by atoms with Crippen molar-refractivity contribution in [2.75, 3.05) is 13.6 Å². The Hall–Kier alpha value is -0.910. The van der Waals surface area contributed by atoms with E-state index in [-0.39, 0.29) is 0 Å². The van der Waals surface area contributed by atoms with Crippen molar-refractivity contribution in [3.05, 3.63) is 21.9 Å². The van der Waals surface area contributed by atoms with E-state index in [1.807, 2.05) is 19.4 Å². The third kappa shape index (κ3) is 2.26. The van der Waals surface area contributed by atoms with Gasteiger partial charge in [-0.15, -0.1) is 21.5 Å². The molecule has 0 aliphatic heterocycles. The Morgan fingerprint density at radius 1 is 1.50 bits per heavy atom. The highest BCUT2D eigenvalue weighted by Gasteiger charge is 2.15. The molecule has 0 saturated heterocycles. The van der Waals surface area contributed by atoms with Crippen molar-refractivity contribution in [1.29, 1.82) is 0 Å². The number of halogens is 1. The first-order chi connectivity index (χ1) is 7.72. The van der Waals surface area contributed by atoms with Gasteiger partial charge in [0.25, 0.3) is 5.89 Å². The lowest BCUT2D eigenvalue weighted by Gasteiger charge is -1.93. The molecule has 0 unspecified atom stereocenters. The summed E-state index contributed by atoms with van der Waals surface area (Å²) in [7, 11) is 1.89. The zero-order chi connectivity index (χ0) is 11.5. The normalized spacial score (nSPS) is 10.9. The molecule has 0 saturated carbocycles. The molecule has 0 aliphatic rings. The molecule has 2 aromatic heterocycles. The van der Waals surface area contributed by atoms with Gasteiger partial charge >= 0.3 is 0 Å². The van der Waals surface area contributed by atoms with Crippen LogP contribution in [-0.2, 0) is 6.42 Å². The number of likely N-dealkylation sites (N-methyl/N-ethyl adjacent to an activating group) is 1. The third-order valence-electron chi connectivity index (χ3n) is 2.15. The lowest BCUT2D eigenvalue weighted by molar-refractivity contribution is 0.501. The van der Waals surface area contributed by atoms with Crippen LogP contribution in [0.4, 0.5) is 0 Å². The predicted molar refractivity (Wildman–Crippen MR) is 65.0 cm³/mol. The van der Waals surface area contributed by atoms with Crippen LogP contribution in [0.2, 0.25) is 5.02 Å². The highest BCUT2D eigenvalue weighted by atomic mass is 35.5. The third-order valence-corrected chi connectivity index (χ3v) is 3.83. The molecule has 0 bridgehead atoms. The second-order valence-electron chi connectivity index (χ2n) is 3.42. The number of hydrogen-bond donors (Lipinski definition) is 1. The number of thiophene rings is 1. The lowest BCUT2D eigenvalue weighted by Crippen LogP contribution is -2.10. The maximum absolute atomic E-state index is 6.13. The molecule has 0 aromatic carbocycles. The zero-order valence-corrected chi connectivity index (χ0v) is 10.7. The fraction of sp³-hybridized carbons (Fsp3) is 0.400. The van der Waals surface area contributed by atoms with E-state index in [1.54, 1.807) is 0 Å². The van der Waals surface area contributed by atoms with Crippen molar-refractivity contribution in [2.45, 2.75) is 13.3 Å². The Bertz CT molecular complexity index is 480. The maximum Gasteiger partial charge on any atom is 0.259 e. The summed E-state index contributed by atoms with van der Waals surface area (Å²) in [6.07, 6.45) is 0.728. The van der Waals surface area contributed by atoms with Crippen molar-refractivity contribution in [1.82, 2.24) is 15.5 Å². The summed E-state index contributed by atoms with van der Waals surface area (Å²) >= 11 is 7.65. The van der Waals surface area contributed by atoms with Crippen LogP contribution in [0.15, 0.2) is 9.80 Å². The van der Waals surface area contributed by atoms with E-state index < -0.39 is 0 Å². The van der Waals surface area contributed by atoms with Crippen molar-refractivity contribution in [3.8, 4) is 10.8 Å². The second kappa shape index (κ2) is 4.95. The molecule has 0 radical (unpaired) electrons. The first kappa shape index (κ1) is 11.6. The van der Waals surface area contributed by atoms with E-state index in [9.17, 15) is 0 Å². The molecule has 2 aromatic rings. The Balaban J connectivity index is 2.21. The molecule has 2 heterocycles. The number of hydrogen-bond acceptors (Lipinski definition) is 5. The van der Waals surface area contributed by atoms with E-state index in [2.05, 4.69) is 15.5 Å². The molecule has 4 nitrogen and oxygen atoms in total. The van der Waals surface area contributed by atoms with Crippen LogP contribution in [0.3, 0.4) is 0 Å². The van der Waals surface area contributed by atoms with E-state index in [0.29, 0.717) is 16.8 Å². The van der Waals surface area contributed by atoms with E-state index in [1.165, 1.54) is 11.3 Å². The quantitative estimate of drug-likeness (QED) is 0.915. The molecule has 16 heavy (non-hydrogen) atoms. The number of aromatic nitrogens is 2. The smallest absolute Gasteiger partial charge is 0.259 e. The van der Waals surface area contributed by atoms with Gasteiger partial charge in [0.2, 0.25) is 5.89 Å². The van der Waals surface area contributed by atoms with Gasteiger partial charge in [0, 0.05) is 13.0 Å². The Kier molecular flexibility index (Phi) is 3.58. The Labute approximate surface area is 103 Å². The standard InChI is InChI=1S/C10H12ClN3OS/c1-6-5-16-9(8(6)11)10-14-13-7(15-10)3-4-12-2/h5,12H,3-4H2,1-2H3. The highest BCUT2D eigenvalue weighted by Crippen LogP contribution is 2.35. The van der Waals surface area contributed by atoms with Gasteiger partial charge in [-0.05, 0) is 24.9 Å². The topological polar surface area (TPSA) is 51.0 Å². The molecule has 0 fully saturated rings. The second-order valence-corrected chi connectivity index (χ2v) is 4.67. The molecule has 0 amide bonds. The van der Waals surface area contributed by atoms with Gasteiger partial charge in [0.1, 0.15) is 4.88 Å². The summed E-state index contributed by atoms with van der Waals surface area (Å²) in [6.45, 7) is 2.78. The van der Waals surface area contributed by atoms with Crippen molar-refractivity contribution in [3.63, 3.8) is 0 Å². The minimum absolute atomic E-state index is 0.509. The van der Waals surface area contributed by atoms with Crippen LogP contribution in [0.25, 0.3) is 10.8 Å². The summed E-state index contributed by atoms with van der Waals surface area (Å²) < 4.78 is 5.53. The summed E-state index contributed by atoms with van der Waals surface area (Å²) in [5.74, 6) is 1.14. The first-order valence-corrected chi connectivity index (χ1v) is 6.19. The molecule has 2 rings (SSSR count). The monoisotopic (exact) mass is 257 g/mol. The van der Waals surface area contributed by atoms with Gasteiger partial charge in [-0.3, -0.25) is 0 Å². The summed E-state index contributed by atoms with van der Waals surface area (Å²) in [5.41, 5.74) is 1.04. The highest BCUT2D eigenvalue weighted by molar-refractivity contribution is 7.14. The van der Waals surface area contributed by atoms with Gasteiger partial charge in [0.15, 0.2) is 0 Å². The average Bonchev–Trinajstić information content (AvgIpc) is 2.85. The summed E-state index contributed by atoms with van der Waals surface area (Å²) in [6, 6.07) is 0. The minimum Gasteiger partial charge on any atom is -0.420 e. The zero-order valence-electron chi connectivity index (χ0n) is 9.08. The fourth-order valence-corrected chi connectivity index (χ4v) is 2.45. The van der Waals surface area contributed by atoms with E-state index in [4.69, 9.17) is 16.0 Å². The van der Waals surface area contributed by atoms with Gasteiger partial charge in [-0.2, -0.15) is 0 Å². The molecular weight excluding hydrogens is 246 g/mol. The Morgan fingerprint density at radius 2 is 2.31 bits per heavy atom. The van der Waals surface area contributed by atoms with Gasteiger partial charge < -0.3 is 9.73 Å². The average molecular weight is 258 g/mol. The number of rotatable bonds is 4. The van der Waals surface area contributed by atoms with E-state index >= 15 is 0 Å². The SMILES string of the molecule is CNCCc1nnc(-c2scc(C)c2Cl)o1. The molecule has 6 heteroatoms. The van der Waals surface area contributed by atoms with Crippen LogP contribution >= 0.6 is 22.9 Å². The summed E-state index contributed by atoms with van der Waals surface area (Å²) in [5, 5.41) is 13.7. The number of nitrogens with zero attached hydrogens (tertiary/aromatic N) is 2. The lowest BCUT2D eigenvalue weighted by atomic mass is 10.3. The molecule has 1 N–H and O–H groups in total. The molecule has 0 atom stereocenters. The molecule has 86 valence electrons. The first-order valence-electron chi connectivity index (χ1n) is 4.93. The van der Waals surface area contributed by atoms with Crippen LogP contribution in [0.1, 0.15) is 11.5 Å². The van der Waals surface area contributed by atoms with Gasteiger partial charge in [0.05, 0.1) is 5.02 Å². The Morgan fingerprint density at radius 3 is 2.94 bits per heavy atom. The molecular formula is C10H12ClN3OS. The van der Waals surface area contributed by atoms with Crippen molar-refractivity contribution in [2.24, 2.45) is 0 Å². The number of aryl methyl sites for hydroxylation is 1. The number of nitrogens with one attached hydrogen (secondary N) is 1. The van der Waals surface area contributed by atoms with Crippen molar-refractivity contribution < 1.29 is 4.42 Å². The maximum atomic E-state index is 6.13. The van der Waals surface area contributed by atoms with Crippen LogP contribution in [0, 0.1) is 6.92 Å². The van der Waals surface area contributed by atoms with Crippen LogP contribution in [-0.4, -0.2) is 23.8 Å². The fourth-order valence-electron chi connectivity index (χ4n) is 1.25. The van der Waals surface area contributed by atoms with E-state index in [0.717, 1.165) is 23.4 Å². The minimum atomic E-state index is 0.509. The molecule has 0 spiro atoms. The van der Waals surface area contributed by atoms with Crippen LogP contribution < -0.4 is 5.32 Å². The van der Waals surface area contributed by atoms with Gasteiger partial charge in [-0.25, -0.2) is 0 Å². The van der Waals surface area contributed by atoms with Gasteiger partial charge in [-0.1, -0.05) is 11.6 Å². The van der Waals surface area contributed by atoms with Crippen LogP contribution in [0.5, 0.6) is 0 Å². The molecule has 0 aliphatic carbocycles. The predicted octanol–water partition coefficient (Wildman–Crippen LogP) is 2.52. The van der Waals surface area contributed by atoms with Crippen molar-refractivity contribution >= 4 is 22.9 Å².